The van der Waals surface area contributed by atoms with E-state index in [1.807, 2.05) is 18.5 Å². The lowest BCUT2D eigenvalue weighted by Gasteiger charge is -2.10. The zero-order valence-corrected chi connectivity index (χ0v) is 10.4. The minimum Gasteiger partial charge on any atom is -0.484 e. The average molecular weight is 249 g/mol. The highest BCUT2D eigenvalue weighted by atomic mass is 19.1. The van der Waals surface area contributed by atoms with E-state index >= 15 is 0 Å². The standard InChI is InChI=1S/C13H16FN3O/c1-9(15)10-3-4-13(12(14)5-10)18-7-11-6-16-8-17(11)2/h3-6,8-9H,7,15H2,1-2H3/t9-/m1/s1. The number of ether oxygens (including phenoxy) is 1. The van der Waals surface area contributed by atoms with Gasteiger partial charge in [0.1, 0.15) is 6.61 Å². The van der Waals surface area contributed by atoms with E-state index in [-0.39, 0.29) is 18.4 Å². The van der Waals surface area contributed by atoms with E-state index in [1.165, 1.54) is 6.07 Å². The number of hydrogen-bond acceptors (Lipinski definition) is 3. The number of nitrogens with zero attached hydrogens (tertiary/aromatic N) is 2. The normalized spacial score (nSPS) is 12.4. The summed E-state index contributed by atoms with van der Waals surface area (Å²) in [6.45, 7) is 2.09. The molecule has 0 spiro atoms. The monoisotopic (exact) mass is 249 g/mol. The molecule has 0 saturated carbocycles. The van der Waals surface area contributed by atoms with E-state index in [0.29, 0.717) is 0 Å². The van der Waals surface area contributed by atoms with Crippen molar-refractivity contribution < 1.29 is 9.13 Å². The zero-order valence-electron chi connectivity index (χ0n) is 10.4. The van der Waals surface area contributed by atoms with Gasteiger partial charge < -0.3 is 15.0 Å². The maximum atomic E-state index is 13.7. The van der Waals surface area contributed by atoms with Crippen LogP contribution in [0.2, 0.25) is 0 Å². The van der Waals surface area contributed by atoms with Gasteiger partial charge in [0.25, 0.3) is 0 Å². The lowest BCUT2D eigenvalue weighted by Crippen LogP contribution is -2.06. The van der Waals surface area contributed by atoms with Gasteiger partial charge in [0.15, 0.2) is 11.6 Å². The Hall–Kier alpha value is -1.88. The first-order valence-corrected chi connectivity index (χ1v) is 5.71. The van der Waals surface area contributed by atoms with E-state index in [4.69, 9.17) is 10.5 Å². The Morgan fingerprint density at radius 3 is 2.83 bits per heavy atom. The molecule has 0 bridgehead atoms. The van der Waals surface area contributed by atoms with Crippen molar-refractivity contribution in [1.29, 1.82) is 0 Å². The molecular formula is C13H16FN3O. The predicted octanol–water partition coefficient (Wildman–Crippen LogP) is 2.16. The molecule has 0 fully saturated rings. The van der Waals surface area contributed by atoms with Gasteiger partial charge in [-0.25, -0.2) is 9.37 Å². The molecule has 18 heavy (non-hydrogen) atoms. The van der Waals surface area contributed by atoms with Gasteiger partial charge in [0, 0.05) is 13.1 Å². The molecule has 1 aromatic carbocycles. The highest BCUT2D eigenvalue weighted by Crippen LogP contribution is 2.21. The fourth-order valence-electron chi connectivity index (χ4n) is 1.59. The molecule has 4 nitrogen and oxygen atoms in total. The summed E-state index contributed by atoms with van der Waals surface area (Å²) in [6.07, 6.45) is 3.36. The van der Waals surface area contributed by atoms with Gasteiger partial charge in [-0.05, 0) is 24.6 Å². The van der Waals surface area contributed by atoms with Crippen LogP contribution in [0.25, 0.3) is 0 Å². The molecule has 0 radical (unpaired) electrons. The third-order valence-corrected chi connectivity index (χ3v) is 2.77. The van der Waals surface area contributed by atoms with Crippen molar-refractivity contribution in [3.8, 4) is 5.75 Å². The van der Waals surface area contributed by atoms with Gasteiger partial charge in [0.2, 0.25) is 0 Å². The summed E-state index contributed by atoms with van der Waals surface area (Å²) in [6, 6.07) is 4.59. The summed E-state index contributed by atoms with van der Waals surface area (Å²) < 4.78 is 21.0. The number of nitrogens with two attached hydrogens (primary N) is 1. The third kappa shape index (κ3) is 2.68. The number of aryl methyl sites for hydroxylation is 1. The second-order valence-corrected chi connectivity index (χ2v) is 4.26. The van der Waals surface area contributed by atoms with Crippen LogP contribution in [0, 0.1) is 5.82 Å². The number of benzene rings is 1. The summed E-state index contributed by atoms with van der Waals surface area (Å²) in [7, 11) is 1.86. The molecule has 5 heteroatoms. The van der Waals surface area contributed by atoms with E-state index < -0.39 is 5.82 Å². The number of rotatable bonds is 4. The van der Waals surface area contributed by atoms with E-state index in [2.05, 4.69) is 4.98 Å². The van der Waals surface area contributed by atoms with Gasteiger partial charge in [-0.3, -0.25) is 0 Å². The van der Waals surface area contributed by atoms with Crippen LogP contribution in [-0.2, 0) is 13.7 Å². The van der Waals surface area contributed by atoms with Crippen LogP contribution in [0.4, 0.5) is 4.39 Å². The van der Waals surface area contributed by atoms with Crippen LogP contribution in [0.15, 0.2) is 30.7 Å². The van der Waals surface area contributed by atoms with Crippen LogP contribution in [0.3, 0.4) is 0 Å². The van der Waals surface area contributed by atoms with Crippen molar-refractivity contribution in [1.82, 2.24) is 9.55 Å². The lowest BCUT2D eigenvalue weighted by molar-refractivity contribution is 0.282. The van der Waals surface area contributed by atoms with Crippen LogP contribution >= 0.6 is 0 Å². The maximum absolute atomic E-state index is 13.7. The first kappa shape index (κ1) is 12.6. The number of aromatic nitrogens is 2. The molecule has 0 unspecified atom stereocenters. The summed E-state index contributed by atoms with van der Waals surface area (Å²) in [5, 5.41) is 0. The van der Waals surface area contributed by atoms with Gasteiger partial charge in [-0.2, -0.15) is 0 Å². The largest absolute Gasteiger partial charge is 0.484 e. The fraction of sp³-hybridized carbons (Fsp3) is 0.308. The smallest absolute Gasteiger partial charge is 0.165 e. The first-order chi connectivity index (χ1) is 8.58. The summed E-state index contributed by atoms with van der Waals surface area (Å²) in [5.74, 6) is -0.174. The zero-order chi connectivity index (χ0) is 13.1. The topological polar surface area (TPSA) is 53.1 Å². The van der Waals surface area contributed by atoms with Gasteiger partial charge >= 0.3 is 0 Å². The van der Waals surface area contributed by atoms with Crippen molar-refractivity contribution in [2.24, 2.45) is 12.8 Å². The van der Waals surface area contributed by atoms with Crippen molar-refractivity contribution in [3.05, 3.63) is 47.8 Å². The minimum absolute atomic E-state index is 0.189. The molecule has 1 heterocycles. The maximum Gasteiger partial charge on any atom is 0.165 e. The van der Waals surface area contributed by atoms with Gasteiger partial charge in [0.05, 0.1) is 18.2 Å². The molecule has 1 aromatic heterocycles. The highest BCUT2D eigenvalue weighted by molar-refractivity contribution is 5.30. The Kier molecular flexibility index (Phi) is 3.62. The molecule has 0 aliphatic rings. The molecule has 2 N–H and O–H groups in total. The second-order valence-electron chi connectivity index (χ2n) is 4.26. The van der Waals surface area contributed by atoms with Crippen molar-refractivity contribution in [3.63, 3.8) is 0 Å². The van der Waals surface area contributed by atoms with E-state index in [1.54, 1.807) is 24.7 Å². The number of imidazole rings is 1. The third-order valence-electron chi connectivity index (χ3n) is 2.77. The fourth-order valence-corrected chi connectivity index (χ4v) is 1.59. The Balaban J connectivity index is 2.08. The van der Waals surface area contributed by atoms with Crippen molar-refractivity contribution >= 4 is 0 Å². The van der Waals surface area contributed by atoms with Crippen LogP contribution in [0.1, 0.15) is 24.2 Å². The molecule has 2 rings (SSSR count). The van der Waals surface area contributed by atoms with Gasteiger partial charge in [-0.1, -0.05) is 6.07 Å². The molecule has 96 valence electrons. The highest BCUT2D eigenvalue weighted by Gasteiger charge is 2.08. The van der Waals surface area contributed by atoms with Crippen LogP contribution < -0.4 is 10.5 Å². The Bertz CT molecular complexity index is 537. The summed E-state index contributed by atoms with van der Waals surface area (Å²) in [4.78, 5) is 3.97. The lowest BCUT2D eigenvalue weighted by atomic mass is 10.1. The first-order valence-electron chi connectivity index (χ1n) is 5.71. The molecule has 1 atom stereocenters. The van der Waals surface area contributed by atoms with Gasteiger partial charge in [-0.15, -0.1) is 0 Å². The Labute approximate surface area is 105 Å². The molecule has 0 amide bonds. The quantitative estimate of drug-likeness (QED) is 0.903. The van der Waals surface area contributed by atoms with E-state index in [0.717, 1.165) is 11.3 Å². The second kappa shape index (κ2) is 5.18. The molecule has 0 saturated heterocycles. The van der Waals surface area contributed by atoms with Crippen molar-refractivity contribution in [2.45, 2.75) is 19.6 Å². The summed E-state index contributed by atoms with van der Waals surface area (Å²) in [5.41, 5.74) is 7.32. The Morgan fingerprint density at radius 1 is 1.50 bits per heavy atom. The van der Waals surface area contributed by atoms with Crippen molar-refractivity contribution in [2.75, 3.05) is 0 Å². The predicted molar refractivity (Wildman–Crippen MR) is 66.5 cm³/mol. The average Bonchev–Trinajstić information content (AvgIpc) is 2.73. The van der Waals surface area contributed by atoms with Crippen LogP contribution in [-0.4, -0.2) is 9.55 Å². The SMILES string of the molecule is C[C@@H](N)c1ccc(OCc2cncn2C)c(F)c1. The van der Waals surface area contributed by atoms with Crippen LogP contribution in [0.5, 0.6) is 5.75 Å². The molecular weight excluding hydrogens is 233 g/mol. The molecule has 0 aliphatic carbocycles. The molecule has 2 aromatic rings. The summed E-state index contributed by atoms with van der Waals surface area (Å²) >= 11 is 0. The van der Waals surface area contributed by atoms with E-state index in [9.17, 15) is 4.39 Å². The Morgan fingerprint density at radius 2 is 2.28 bits per heavy atom. The minimum atomic E-state index is -0.396. The molecule has 0 aliphatic heterocycles. The number of hydrogen-bond donors (Lipinski definition) is 1. The number of halogens is 1.